The monoisotopic (exact) mass is 327 g/mol. The molecule has 2 rings (SSSR count). The Morgan fingerprint density at radius 3 is 2.50 bits per heavy atom. The minimum atomic E-state index is 0.512. The van der Waals surface area contributed by atoms with Crippen molar-refractivity contribution >= 4 is 0 Å². The van der Waals surface area contributed by atoms with Crippen molar-refractivity contribution in [2.75, 3.05) is 6.61 Å². The highest BCUT2D eigenvalue weighted by atomic mass is 16.5. The van der Waals surface area contributed by atoms with Crippen molar-refractivity contribution in [1.29, 1.82) is 0 Å². The standard InChI is InChI=1S/C21H29NO2/c1-5-17(4)22-14-18-10-11-20(21(13-18)23-6-2)24-15-19-9-7-8-16(3)12-19/h7-13,17,22H,5-6,14-15H2,1-4H3/t17-/m1/s1. The summed E-state index contributed by atoms with van der Waals surface area (Å²) in [4.78, 5) is 0. The molecular weight excluding hydrogens is 298 g/mol. The summed E-state index contributed by atoms with van der Waals surface area (Å²) in [5.41, 5.74) is 3.62. The van der Waals surface area contributed by atoms with Gasteiger partial charge in [0.2, 0.25) is 0 Å². The molecule has 3 nitrogen and oxygen atoms in total. The second kappa shape index (κ2) is 9.33. The third-order valence-electron chi connectivity index (χ3n) is 4.05. The smallest absolute Gasteiger partial charge is 0.161 e. The van der Waals surface area contributed by atoms with Gasteiger partial charge in [0.25, 0.3) is 0 Å². The fourth-order valence-corrected chi connectivity index (χ4v) is 2.45. The summed E-state index contributed by atoms with van der Waals surface area (Å²) in [6.07, 6.45) is 1.12. The van der Waals surface area contributed by atoms with Crippen LogP contribution < -0.4 is 14.8 Å². The van der Waals surface area contributed by atoms with Crippen LogP contribution in [0.5, 0.6) is 11.5 Å². The van der Waals surface area contributed by atoms with Crippen LogP contribution in [0.2, 0.25) is 0 Å². The van der Waals surface area contributed by atoms with Gasteiger partial charge in [-0.05, 0) is 50.5 Å². The molecule has 0 aliphatic heterocycles. The number of nitrogens with one attached hydrogen (secondary N) is 1. The summed E-state index contributed by atoms with van der Waals surface area (Å²) in [5.74, 6) is 1.61. The molecule has 3 heteroatoms. The minimum absolute atomic E-state index is 0.512. The minimum Gasteiger partial charge on any atom is -0.490 e. The van der Waals surface area contributed by atoms with E-state index in [0.29, 0.717) is 19.3 Å². The molecule has 2 aromatic carbocycles. The van der Waals surface area contributed by atoms with E-state index in [-0.39, 0.29) is 0 Å². The maximum absolute atomic E-state index is 5.99. The molecule has 0 saturated carbocycles. The molecule has 24 heavy (non-hydrogen) atoms. The first kappa shape index (κ1) is 18.3. The van der Waals surface area contributed by atoms with Gasteiger partial charge in [0.15, 0.2) is 11.5 Å². The Kier molecular flexibility index (Phi) is 7.13. The molecule has 1 N–H and O–H groups in total. The van der Waals surface area contributed by atoms with Gasteiger partial charge in [-0.15, -0.1) is 0 Å². The topological polar surface area (TPSA) is 30.5 Å². The van der Waals surface area contributed by atoms with Gasteiger partial charge in [0, 0.05) is 12.6 Å². The van der Waals surface area contributed by atoms with Crippen molar-refractivity contribution in [3.8, 4) is 11.5 Å². The number of aryl methyl sites for hydroxylation is 1. The van der Waals surface area contributed by atoms with Crippen LogP contribution in [0.1, 0.15) is 43.9 Å². The van der Waals surface area contributed by atoms with Crippen LogP contribution in [-0.4, -0.2) is 12.6 Å². The van der Waals surface area contributed by atoms with Gasteiger partial charge in [-0.25, -0.2) is 0 Å². The molecule has 2 aromatic rings. The first-order valence-electron chi connectivity index (χ1n) is 8.79. The fraction of sp³-hybridized carbons (Fsp3) is 0.429. The second-order valence-electron chi connectivity index (χ2n) is 6.18. The molecule has 0 aliphatic rings. The van der Waals surface area contributed by atoms with Crippen LogP contribution in [0.3, 0.4) is 0 Å². The van der Waals surface area contributed by atoms with Crippen LogP contribution in [0.4, 0.5) is 0 Å². The molecule has 0 aliphatic carbocycles. The number of hydrogen-bond acceptors (Lipinski definition) is 3. The highest BCUT2D eigenvalue weighted by Crippen LogP contribution is 2.29. The number of rotatable bonds is 9. The molecule has 0 aromatic heterocycles. The zero-order valence-corrected chi connectivity index (χ0v) is 15.3. The summed E-state index contributed by atoms with van der Waals surface area (Å²) in [7, 11) is 0. The van der Waals surface area contributed by atoms with E-state index in [0.717, 1.165) is 24.5 Å². The van der Waals surface area contributed by atoms with Gasteiger partial charge in [-0.1, -0.05) is 42.8 Å². The summed E-state index contributed by atoms with van der Waals surface area (Å²) < 4.78 is 11.8. The number of benzene rings is 2. The largest absolute Gasteiger partial charge is 0.490 e. The predicted octanol–water partition coefficient (Wildman–Crippen LogP) is 4.86. The summed E-state index contributed by atoms with van der Waals surface area (Å²) >= 11 is 0. The fourth-order valence-electron chi connectivity index (χ4n) is 2.45. The first-order chi connectivity index (χ1) is 11.6. The summed E-state index contributed by atoms with van der Waals surface area (Å²) in [5, 5.41) is 3.51. The average molecular weight is 327 g/mol. The molecular formula is C21H29NO2. The molecule has 130 valence electrons. The van der Waals surface area contributed by atoms with E-state index in [4.69, 9.17) is 9.47 Å². The Morgan fingerprint density at radius 1 is 0.958 bits per heavy atom. The lowest BCUT2D eigenvalue weighted by Crippen LogP contribution is -2.24. The zero-order chi connectivity index (χ0) is 17.4. The van der Waals surface area contributed by atoms with Crippen LogP contribution in [-0.2, 0) is 13.2 Å². The van der Waals surface area contributed by atoms with Crippen LogP contribution in [0.15, 0.2) is 42.5 Å². The average Bonchev–Trinajstić information content (AvgIpc) is 2.59. The quantitative estimate of drug-likeness (QED) is 0.713. The normalized spacial score (nSPS) is 12.0. The van der Waals surface area contributed by atoms with E-state index in [1.165, 1.54) is 16.7 Å². The molecule has 0 spiro atoms. The van der Waals surface area contributed by atoms with Gasteiger partial charge in [-0.3, -0.25) is 0 Å². The maximum atomic E-state index is 5.99. The predicted molar refractivity (Wildman–Crippen MR) is 99.7 cm³/mol. The molecule has 0 heterocycles. The molecule has 0 saturated heterocycles. The van der Waals surface area contributed by atoms with Crippen molar-refractivity contribution in [2.45, 2.75) is 53.3 Å². The second-order valence-corrected chi connectivity index (χ2v) is 6.18. The summed E-state index contributed by atoms with van der Waals surface area (Å²) in [6.45, 7) is 10.5. The van der Waals surface area contributed by atoms with Gasteiger partial charge >= 0.3 is 0 Å². The van der Waals surface area contributed by atoms with Crippen molar-refractivity contribution < 1.29 is 9.47 Å². The SMILES string of the molecule is CCOc1cc(CN[C@H](C)CC)ccc1OCc1cccc(C)c1. The van der Waals surface area contributed by atoms with E-state index in [1.54, 1.807) is 0 Å². The van der Waals surface area contributed by atoms with Crippen LogP contribution in [0, 0.1) is 6.92 Å². The van der Waals surface area contributed by atoms with Crippen molar-refractivity contribution in [2.24, 2.45) is 0 Å². The van der Waals surface area contributed by atoms with E-state index in [9.17, 15) is 0 Å². The summed E-state index contributed by atoms with van der Waals surface area (Å²) in [6, 6.07) is 15.1. The van der Waals surface area contributed by atoms with Gasteiger partial charge in [0.05, 0.1) is 6.61 Å². The molecule has 0 unspecified atom stereocenters. The first-order valence-corrected chi connectivity index (χ1v) is 8.79. The van der Waals surface area contributed by atoms with Crippen molar-refractivity contribution in [1.82, 2.24) is 5.32 Å². The van der Waals surface area contributed by atoms with E-state index in [2.05, 4.69) is 62.5 Å². The third-order valence-corrected chi connectivity index (χ3v) is 4.05. The lowest BCUT2D eigenvalue weighted by Gasteiger charge is -2.15. The van der Waals surface area contributed by atoms with E-state index >= 15 is 0 Å². The molecule has 1 atom stereocenters. The lowest BCUT2D eigenvalue weighted by atomic mass is 10.1. The molecule has 0 bridgehead atoms. The third kappa shape index (κ3) is 5.57. The number of ether oxygens (including phenoxy) is 2. The van der Waals surface area contributed by atoms with E-state index in [1.807, 2.05) is 13.0 Å². The van der Waals surface area contributed by atoms with Gasteiger partial charge < -0.3 is 14.8 Å². The Bertz CT molecular complexity index is 639. The maximum Gasteiger partial charge on any atom is 0.161 e. The van der Waals surface area contributed by atoms with E-state index < -0.39 is 0 Å². The molecule has 0 radical (unpaired) electrons. The zero-order valence-electron chi connectivity index (χ0n) is 15.3. The molecule has 0 fully saturated rings. The lowest BCUT2D eigenvalue weighted by molar-refractivity contribution is 0.269. The van der Waals surface area contributed by atoms with Crippen LogP contribution >= 0.6 is 0 Å². The van der Waals surface area contributed by atoms with Gasteiger partial charge in [0.1, 0.15) is 6.61 Å². The van der Waals surface area contributed by atoms with Crippen molar-refractivity contribution in [3.63, 3.8) is 0 Å². The highest BCUT2D eigenvalue weighted by molar-refractivity contribution is 5.43. The van der Waals surface area contributed by atoms with Crippen LogP contribution in [0.25, 0.3) is 0 Å². The number of hydrogen-bond donors (Lipinski definition) is 1. The van der Waals surface area contributed by atoms with Crippen molar-refractivity contribution in [3.05, 3.63) is 59.2 Å². The Labute approximate surface area is 146 Å². The Morgan fingerprint density at radius 2 is 1.79 bits per heavy atom. The van der Waals surface area contributed by atoms with Gasteiger partial charge in [-0.2, -0.15) is 0 Å². The molecule has 0 amide bonds. The highest BCUT2D eigenvalue weighted by Gasteiger charge is 2.08. The Hall–Kier alpha value is -2.00. The Balaban J connectivity index is 2.05.